The Hall–Kier alpha value is -2.41. The van der Waals surface area contributed by atoms with Crippen molar-refractivity contribution < 1.29 is 14.3 Å². The van der Waals surface area contributed by atoms with E-state index in [0.717, 1.165) is 6.08 Å². The molecule has 0 unspecified atom stereocenters. The summed E-state index contributed by atoms with van der Waals surface area (Å²) in [4.78, 5) is 24.8. The number of anilines is 1. The molecule has 1 amide bonds. The molecule has 0 bridgehead atoms. The van der Waals surface area contributed by atoms with Crippen LogP contribution in [0.3, 0.4) is 0 Å². The molecule has 0 atom stereocenters. The van der Waals surface area contributed by atoms with Crippen LogP contribution < -0.4 is 15.8 Å². The number of hydrazine groups is 1. The fourth-order valence-electron chi connectivity index (χ4n) is 1.54. The Morgan fingerprint density at radius 1 is 1.26 bits per heavy atom. The molecule has 2 N–H and O–H groups in total. The molecule has 0 saturated heterocycles. The summed E-state index contributed by atoms with van der Waals surface area (Å²) in [7, 11) is 1.23. The van der Waals surface area contributed by atoms with Crippen LogP contribution in [0.25, 0.3) is 0 Å². The number of thiocarbonyl (C=S) groups is 1. The quantitative estimate of drug-likeness (QED) is 0.605. The summed E-state index contributed by atoms with van der Waals surface area (Å²) in [5.74, 6) is -1.09. The maximum absolute atomic E-state index is 12.1. The third-order valence-corrected chi connectivity index (χ3v) is 2.70. The molecule has 7 heteroatoms. The summed E-state index contributed by atoms with van der Waals surface area (Å²) in [6.45, 7) is 0. The zero-order valence-corrected chi connectivity index (χ0v) is 10.9. The maximum atomic E-state index is 12.1. The number of nitrogens with one attached hydrogen (secondary N) is 2. The van der Waals surface area contributed by atoms with Gasteiger partial charge in [0.1, 0.15) is 5.70 Å². The molecule has 98 valence electrons. The molecule has 1 aliphatic heterocycles. The number of amides is 1. The first kappa shape index (κ1) is 13.0. The van der Waals surface area contributed by atoms with Crippen molar-refractivity contribution in [2.45, 2.75) is 0 Å². The number of ether oxygens (including phenoxy) is 1. The van der Waals surface area contributed by atoms with Crippen LogP contribution in [-0.2, 0) is 14.3 Å². The summed E-state index contributed by atoms with van der Waals surface area (Å²) in [6, 6.07) is 8.88. The van der Waals surface area contributed by atoms with Gasteiger partial charge in [-0.05, 0) is 24.4 Å². The molecule has 0 aromatic heterocycles. The lowest BCUT2D eigenvalue weighted by atomic mass is 10.3. The van der Waals surface area contributed by atoms with Crippen LogP contribution in [-0.4, -0.2) is 24.1 Å². The van der Waals surface area contributed by atoms with Crippen molar-refractivity contribution in [1.29, 1.82) is 0 Å². The van der Waals surface area contributed by atoms with Crippen LogP contribution in [0.5, 0.6) is 0 Å². The lowest BCUT2D eigenvalue weighted by molar-refractivity contribution is -0.136. The first-order valence-electron chi connectivity index (χ1n) is 5.38. The van der Waals surface area contributed by atoms with Crippen LogP contribution in [0.1, 0.15) is 0 Å². The molecule has 2 rings (SSSR count). The molecule has 19 heavy (non-hydrogen) atoms. The summed E-state index contributed by atoms with van der Waals surface area (Å²) in [5.41, 5.74) is 5.75. The van der Waals surface area contributed by atoms with Crippen LogP contribution in [0, 0.1) is 0 Å². The van der Waals surface area contributed by atoms with Gasteiger partial charge in [0.2, 0.25) is 0 Å². The number of carbonyl (C=O) groups excluding carboxylic acids is 2. The molecule has 0 aliphatic carbocycles. The van der Waals surface area contributed by atoms with Gasteiger partial charge in [-0.2, -0.15) is 0 Å². The minimum atomic E-state index is -0.654. The summed E-state index contributed by atoms with van der Waals surface area (Å²) in [5, 5.41) is 0.145. The first-order valence-corrected chi connectivity index (χ1v) is 5.79. The Labute approximate surface area is 115 Å². The average Bonchev–Trinajstić information content (AvgIpc) is 2.57. The van der Waals surface area contributed by atoms with E-state index in [9.17, 15) is 9.59 Å². The normalized spacial score (nSPS) is 15.0. The minimum absolute atomic E-state index is 0.00622. The van der Waals surface area contributed by atoms with Gasteiger partial charge in [0.05, 0.1) is 12.8 Å². The Morgan fingerprint density at radius 3 is 2.58 bits per heavy atom. The van der Waals surface area contributed by atoms with Crippen molar-refractivity contribution in [3.05, 3.63) is 42.1 Å². The highest BCUT2D eigenvalue weighted by Crippen LogP contribution is 2.15. The van der Waals surface area contributed by atoms with Gasteiger partial charge in [-0.25, -0.2) is 4.79 Å². The van der Waals surface area contributed by atoms with Crippen molar-refractivity contribution in [3.63, 3.8) is 0 Å². The SMILES string of the molecule is COC(=O)C1=CC(=O)N(c2ccccc2)C(=S)NN1. The second-order valence-corrected chi connectivity index (χ2v) is 4.00. The molecule has 0 spiro atoms. The fraction of sp³-hybridized carbons (Fsp3) is 0.0833. The molecule has 0 saturated carbocycles. The van der Waals surface area contributed by atoms with Gasteiger partial charge in [-0.3, -0.25) is 20.5 Å². The lowest BCUT2D eigenvalue weighted by Gasteiger charge is -2.20. The van der Waals surface area contributed by atoms with Gasteiger partial charge >= 0.3 is 5.97 Å². The Kier molecular flexibility index (Phi) is 3.76. The highest BCUT2D eigenvalue weighted by molar-refractivity contribution is 7.80. The zero-order valence-electron chi connectivity index (χ0n) is 10.0. The smallest absolute Gasteiger partial charge is 0.356 e. The number of hydrogen-bond acceptors (Lipinski definition) is 5. The van der Waals surface area contributed by atoms with E-state index in [-0.39, 0.29) is 10.8 Å². The van der Waals surface area contributed by atoms with Gasteiger partial charge in [-0.1, -0.05) is 18.2 Å². The van der Waals surface area contributed by atoms with Crippen molar-refractivity contribution in [2.24, 2.45) is 0 Å². The van der Waals surface area contributed by atoms with Crippen molar-refractivity contribution in [1.82, 2.24) is 10.9 Å². The average molecular weight is 277 g/mol. The first-order chi connectivity index (χ1) is 9.13. The number of nitrogens with zero attached hydrogens (tertiary/aromatic N) is 1. The van der Waals surface area contributed by atoms with Crippen molar-refractivity contribution in [3.8, 4) is 0 Å². The highest BCUT2D eigenvalue weighted by Gasteiger charge is 2.25. The third-order valence-electron chi connectivity index (χ3n) is 2.42. The van der Waals surface area contributed by atoms with E-state index in [1.807, 2.05) is 6.07 Å². The summed E-state index contributed by atoms with van der Waals surface area (Å²) >= 11 is 5.09. The monoisotopic (exact) mass is 277 g/mol. The van der Waals surface area contributed by atoms with E-state index >= 15 is 0 Å². The number of methoxy groups -OCH3 is 1. The molecular formula is C12H11N3O3S. The standard InChI is InChI=1S/C12H11N3O3S/c1-18-11(17)9-7-10(16)15(12(19)14-13-9)8-5-3-2-4-6-8/h2-7,13H,1H3,(H,14,19). The zero-order chi connectivity index (χ0) is 13.8. The van der Waals surface area contributed by atoms with Crippen molar-refractivity contribution in [2.75, 3.05) is 12.0 Å². The number of carbonyl (C=O) groups is 2. The minimum Gasteiger partial charge on any atom is -0.464 e. The lowest BCUT2D eigenvalue weighted by Crippen LogP contribution is -2.46. The largest absolute Gasteiger partial charge is 0.464 e. The van der Waals surface area contributed by atoms with E-state index in [1.54, 1.807) is 24.3 Å². The summed E-state index contributed by atoms with van der Waals surface area (Å²) in [6.07, 6.45) is 1.13. The number of rotatable bonds is 2. The Bertz CT molecular complexity index is 557. The van der Waals surface area contributed by atoms with Gasteiger partial charge < -0.3 is 4.74 Å². The molecule has 1 aliphatic rings. The molecule has 1 heterocycles. The molecule has 1 aromatic carbocycles. The van der Waals surface area contributed by atoms with Gasteiger partial charge in [0, 0.05) is 6.08 Å². The second-order valence-electron chi connectivity index (χ2n) is 3.61. The van der Waals surface area contributed by atoms with Crippen LogP contribution in [0.2, 0.25) is 0 Å². The van der Waals surface area contributed by atoms with Crippen LogP contribution >= 0.6 is 12.2 Å². The van der Waals surface area contributed by atoms with Gasteiger partial charge in [-0.15, -0.1) is 0 Å². The predicted octanol–water partition coefficient (Wildman–Crippen LogP) is 0.469. The van der Waals surface area contributed by atoms with E-state index in [1.165, 1.54) is 12.0 Å². The Morgan fingerprint density at radius 2 is 1.95 bits per heavy atom. The molecule has 6 nitrogen and oxygen atoms in total. The number of hydrogen-bond donors (Lipinski definition) is 2. The topological polar surface area (TPSA) is 70.7 Å². The number of para-hydroxylation sites is 1. The molecule has 0 fully saturated rings. The molecule has 0 radical (unpaired) electrons. The van der Waals surface area contributed by atoms with Crippen LogP contribution in [0.4, 0.5) is 5.69 Å². The maximum Gasteiger partial charge on any atom is 0.356 e. The van der Waals surface area contributed by atoms with E-state index in [0.29, 0.717) is 5.69 Å². The van der Waals surface area contributed by atoms with Gasteiger partial charge in [0.25, 0.3) is 5.91 Å². The molecule has 1 aromatic rings. The van der Waals surface area contributed by atoms with Crippen molar-refractivity contribution >= 4 is 34.9 Å². The van der Waals surface area contributed by atoms with E-state index in [2.05, 4.69) is 15.6 Å². The third kappa shape index (κ3) is 2.71. The predicted molar refractivity (Wildman–Crippen MR) is 72.9 cm³/mol. The highest BCUT2D eigenvalue weighted by atomic mass is 32.1. The summed E-state index contributed by atoms with van der Waals surface area (Å²) < 4.78 is 4.55. The van der Waals surface area contributed by atoms with E-state index in [4.69, 9.17) is 12.2 Å². The number of benzene rings is 1. The Balaban J connectivity index is 2.35. The fourth-order valence-corrected chi connectivity index (χ4v) is 1.79. The van der Waals surface area contributed by atoms with E-state index < -0.39 is 11.9 Å². The van der Waals surface area contributed by atoms with Crippen LogP contribution in [0.15, 0.2) is 42.1 Å². The molecular weight excluding hydrogens is 266 g/mol. The number of esters is 1. The van der Waals surface area contributed by atoms with Gasteiger partial charge in [0.15, 0.2) is 5.11 Å². The second kappa shape index (κ2) is 5.49.